The molecule has 0 aliphatic rings. The van der Waals surface area contributed by atoms with Crippen molar-refractivity contribution in [3.05, 3.63) is 35.9 Å². The third-order valence-electron chi connectivity index (χ3n) is 2.62. The Kier molecular flexibility index (Phi) is 2.97. The molecule has 2 aromatic carbocycles. The fraction of sp³-hybridized carbons (Fsp3) is 0.231. The van der Waals surface area contributed by atoms with Gasteiger partial charge < -0.3 is 14.6 Å². The summed E-state index contributed by atoms with van der Waals surface area (Å²) in [5.41, 5.74) is 0.860. The van der Waals surface area contributed by atoms with Crippen molar-refractivity contribution < 1.29 is 14.6 Å². The highest BCUT2D eigenvalue weighted by molar-refractivity contribution is 5.93. The first kappa shape index (κ1) is 10.8. The predicted molar refractivity (Wildman–Crippen MR) is 63.0 cm³/mol. The Labute approximate surface area is 94.2 Å². The van der Waals surface area contributed by atoms with Gasteiger partial charge in [-0.1, -0.05) is 12.1 Å². The monoisotopic (exact) mass is 218 g/mol. The highest BCUT2D eigenvalue weighted by Crippen LogP contribution is 2.33. The maximum atomic E-state index is 9.12. The average molecular weight is 218 g/mol. The molecule has 0 aliphatic heterocycles. The van der Waals surface area contributed by atoms with Crippen molar-refractivity contribution in [3.63, 3.8) is 0 Å². The number of fused-ring (bicyclic) bond motifs is 1. The zero-order valence-electron chi connectivity index (χ0n) is 9.36. The van der Waals surface area contributed by atoms with Gasteiger partial charge in [-0.05, 0) is 23.8 Å². The summed E-state index contributed by atoms with van der Waals surface area (Å²) in [6.45, 7) is 0.0241. The van der Waals surface area contributed by atoms with E-state index in [1.807, 2.05) is 30.3 Å². The van der Waals surface area contributed by atoms with E-state index in [9.17, 15) is 0 Å². The van der Waals surface area contributed by atoms with Crippen molar-refractivity contribution in [3.8, 4) is 11.5 Å². The van der Waals surface area contributed by atoms with Gasteiger partial charge in [-0.25, -0.2) is 0 Å². The van der Waals surface area contributed by atoms with Crippen LogP contribution in [-0.2, 0) is 6.61 Å². The molecule has 0 heterocycles. The van der Waals surface area contributed by atoms with Gasteiger partial charge >= 0.3 is 0 Å². The first-order chi connectivity index (χ1) is 7.80. The van der Waals surface area contributed by atoms with Crippen molar-refractivity contribution in [2.45, 2.75) is 6.61 Å². The minimum Gasteiger partial charge on any atom is -0.496 e. The fourth-order valence-electron chi connectivity index (χ4n) is 1.80. The molecule has 0 bridgehead atoms. The minimum atomic E-state index is 0.0241. The summed E-state index contributed by atoms with van der Waals surface area (Å²) in [5, 5.41) is 11.1. The van der Waals surface area contributed by atoms with Crippen LogP contribution in [0.4, 0.5) is 0 Å². The molecule has 0 aliphatic carbocycles. The smallest absolute Gasteiger partial charge is 0.126 e. The zero-order valence-corrected chi connectivity index (χ0v) is 9.36. The molecule has 2 aromatic rings. The van der Waals surface area contributed by atoms with Crippen molar-refractivity contribution in [1.82, 2.24) is 0 Å². The van der Waals surface area contributed by atoms with E-state index in [1.54, 1.807) is 14.2 Å². The Morgan fingerprint density at radius 3 is 2.12 bits per heavy atom. The number of hydrogen-bond donors (Lipinski definition) is 1. The van der Waals surface area contributed by atoms with Gasteiger partial charge in [0.2, 0.25) is 0 Å². The van der Waals surface area contributed by atoms with Gasteiger partial charge in [0.25, 0.3) is 0 Å². The maximum Gasteiger partial charge on any atom is 0.126 e. The summed E-state index contributed by atoms with van der Waals surface area (Å²) in [6.07, 6.45) is 0. The number of hydrogen-bond acceptors (Lipinski definition) is 3. The lowest BCUT2D eigenvalue weighted by Gasteiger charge is -2.10. The second-order valence-electron chi connectivity index (χ2n) is 3.51. The molecule has 0 atom stereocenters. The SMILES string of the molecule is COc1ccc(OC)c2cc(CO)ccc12. The molecule has 0 radical (unpaired) electrons. The van der Waals surface area contributed by atoms with Crippen LogP contribution in [0.3, 0.4) is 0 Å². The largest absolute Gasteiger partial charge is 0.496 e. The lowest BCUT2D eigenvalue weighted by atomic mass is 10.1. The van der Waals surface area contributed by atoms with Gasteiger partial charge in [0, 0.05) is 10.8 Å². The molecular weight excluding hydrogens is 204 g/mol. The van der Waals surface area contributed by atoms with E-state index in [0.29, 0.717) is 0 Å². The molecule has 84 valence electrons. The molecule has 0 saturated heterocycles. The highest BCUT2D eigenvalue weighted by Gasteiger charge is 2.07. The number of aliphatic hydroxyl groups excluding tert-OH is 1. The van der Waals surface area contributed by atoms with Crippen LogP contribution < -0.4 is 9.47 Å². The van der Waals surface area contributed by atoms with Crippen LogP contribution in [0.1, 0.15) is 5.56 Å². The van der Waals surface area contributed by atoms with Crippen LogP contribution in [0.2, 0.25) is 0 Å². The fourth-order valence-corrected chi connectivity index (χ4v) is 1.80. The molecule has 2 rings (SSSR count). The summed E-state index contributed by atoms with van der Waals surface area (Å²) in [5.74, 6) is 1.59. The quantitative estimate of drug-likeness (QED) is 0.859. The molecule has 0 saturated carbocycles. The number of ether oxygens (including phenoxy) is 2. The first-order valence-electron chi connectivity index (χ1n) is 5.04. The molecule has 0 unspecified atom stereocenters. The molecule has 16 heavy (non-hydrogen) atoms. The average Bonchev–Trinajstić information content (AvgIpc) is 2.36. The van der Waals surface area contributed by atoms with Crippen LogP contribution in [0.15, 0.2) is 30.3 Å². The first-order valence-corrected chi connectivity index (χ1v) is 5.04. The van der Waals surface area contributed by atoms with E-state index < -0.39 is 0 Å². The molecule has 0 amide bonds. The summed E-state index contributed by atoms with van der Waals surface area (Å²) >= 11 is 0. The summed E-state index contributed by atoms with van der Waals surface area (Å²) in [7, 11) is 3.27. The molecule has 3 nitrogen and oxygen atoms in total. The van der Waals surface area contributed by atoms with Crippen LogP contribution >= 0.6 is 0 Å². The van der Waals surface area contributed by atoms with Crippen LogP contribution in [-0.4, -0.2) is 19.3 Å². The van der Waals surface area contributed by atoms with E-state index in [2.05, 4.69) is 0 Å². The van der Waals surface area contributed by atoms with Crippen molar-refractivity contribution in [1.29, 1.82) is 0 Å². The van der Waals surface area contributed by atoms with Crippen LogP contribution in [0, 0.1) is 0 Å². The third kappa shape index (κ3) is 1.70. The highest BCUT2D eigenvalue weighted by atomic mass is 16.5. The minimum absolute atomic E-state index is 0.0241. The van der Waals surface area contributed by atoms with Crippen LogP contribution in [0.5, 0.6) is 11.5 Å². The number of aliphatic hydroxyl groups is 1. The third-order valence-corrected chi connectivity index (χ3v) is 2.62. The Balaban J connectivity index is 2.74. The van der Waals surface area contributed by atoms with Gasteiger partial charge in [-0.3, -0.25) is 0 Å². The Bertz CT molecular complexity index is 506. The Morgan fingerprint density at radius 1 is 0.938 bits per heavy atom. The number of methoxy groups -OCH3 is 2. The molecule has 0 aromatic heterocycles. The molecule has 3 heteroatoms. The van der Waals surface area contributed by atoms with Gasteiger partial charge in [0.05, 0.1) is 20.8 Å². The van der Waals surface area contributed by atoms with Gasteiger partial charge in [-0.15, -0.1) is 0 Å². The van der Waals surface area contributed by atoms with Crippen molar-refractivity contribution in [2.75, 3.05) is 14.2 Å². The summed E-state index contributed by atoms with van der Waals surface area (Å²) in [4.78, 5) is 0. The Hall–Kier alpha value is -1.74. The lowest BCUT2D eigenvalue weighted by molar-refractivity contribution is 0.282. The van der Waals surface area contributed by atoms with Gasteiger partial charge in [-0.2, -0.15) is 0 Å². The van der Waals surface area contributed by atoms with Gasteiger partial charge in [0.1, 0.15) is 11.5 Å². The van der Waals surface area contributed by atoms with Gasteiger partial charge in [0.15, 0.2) is 0 Å². The summed E-state index contributed by atoms with van der Waals surface area (Å²) in [6, 6.07) is 9.46. The molecule has 0 fully saturated rings. The molecular formula is C13H14O3. The van der Waals surface area contributed by atoms with Crippen molar-refractivity contribution >= 4 is 10.8 Å². The van der Waals surface area contributed by atoms with Crippen molar-refractivity contribution in [2.24, 2.45) is 0 Å². The lowest BCUT2D eigenvalue weighted by Crippen LogP contribution is -1.91. The molecule has 0 spiro atoms. The number of rotatable bonds is 3. The van der Waals surface area contributed by atoms with E-state index in [0.717, 1.165) is 27.8 Å². The van der Waals surface area contributed by atoms with E-state index in [1.165, 1.54) is 0 Å². The van der Waals surface area contributed by atoms with E-state index in [-0.39, 0.29) is 6.61 Å². The predicted octanol–water partition coefficient (Wildman–Crippen LogP) is 2.35. The number of benzene rings is 2. The molecule has 1 N–H and O–H groups in total. The maximum absolute atomic E-state index is 9.12. The Morgan fingerprint density at radius 2 is 1.56 bits per heavy atom. The summed E-state index contributed by atoms with van der Waals surface area (Å²) < 4.78 is 10.6. The normalized spacial score (nSPS) is 10.4. The second-order valence-corrected chi connectivity index (χ2v) is 3.51. The van der Waals surface area contributed by atoms with E-state index >= 15 is 0 Å². The standard InChI is InChI=1S/C13H14O3/c1-15-12-5-6-13(16-2)11-7-9(8-14)3-4-10(11)12/h3-7,14H,8H2,1-2H3. The van der Waals surface area contributed by atoms with Crippen LogP contribution in [0.25, 0.3) is 10.8 Å². The van der Waals surface area contributed by atoms with E-state index in [4.69, 9.17) is 14.6 Å². The second kappa shape index (κ2) is 4.41. The zero-order chi connectivity index (χ0) is 11.5. The topological polar surface area (TPSA) is 38.7 Å².